The highest BCUT2D eigenvalue weighted by Gasteiger charge is 2.28. The first-order valence-electron chi connectivity index (χ1n) is 11.0. The lowest BCUT2D eigenvalue weighted by Crippen LogP contribution is -2.46. The van der Waals surface area contributed by atoms with Crippen molar-refractivity contribution < 1.29 is 18.7 Å². The van der Waals surface area contributed by atoms with Crippen molar-refractivity contribution >= 4 is 11.8 Å². The summed E-state index contributed by atoms with van der Waals surface area (Å²) in [5, 5.41) is 24.5. The van der Waals surface area contributed by atoms with Gasteiger partial charge in [0.05, 0.1) is 17.7 Å². The molecule has 0 saturated carbocycles. The van der Waals surface area contributed by atoms with Crippen LogP contribution >= 0.6 is 0 Å². The summed E-state index contributed by atoms with van der Waals surface area (Å²) >= 11 is 0. The number of hydrogen-bond donors (Lipinski definition) is 2. The summed E-state index contributed by atoms with van der Waals surface area (Å²) in [6.07, 6.45) is -0.0335. The van der Waals surface area contributed by atoms with E-state index in [-0.39, 0.29) is 24.4 Å². The molecule has 8 nitrogen and oxygen atoms in total. The predicted molar refractivity (Wildman–Crippen MR) is 121 cm³/mol. The Morgan fingerprint density at radius 2 is 2.12 bits per heavy atom. The van der Waals surface area contributed by atoms with E-state index < -0.39 is 23.9 Å². The molecule has 2 aromatic carbocycles. The highest BCUT2D eigenvalue weighted by molar-refractivity contribution is 6.02. The molecular weight excluding hydrogens is 437 g/mol. The molecule has 2 N–H and O–H groups in total. The summed E-state index contributed by atoms with van der Waals surface area (Å²) in [6, 6.07) is 10.9. The van der Waals surface area contributed by atoms with Gasteiger partial charge in [0, 0.05) is 38.7 Å². The van der Waals surface area contributed by atoms with E-state index in [2.05, 4.69) is 16.7 Å². The van der Waals surface area contributed by atoms with E-state index in [9.17, 15) is 20.1 Å². The van der Waals surface area contributed by atoms with E-state index in [1.54, 1.807) is 25.2 Å². The van der Waals surface area contributed by atoms with Gasteiger partial charge < -0.3 is 20.3 Å². The molecule has 0 bridgehead atoms. The smallest absolute Gasteiger partial charge is 0.254 e. The number of carbonyl (C=O) groups is 2. The fourth-order valence-corrected chi connectivity index (χ4v) is 4.26. The van der Waals surface area contributed by atoms with Crippen LogP contribution in [0.2, 0.25) is 0 Å². The van der Waals surface area contributed by atoms with Gasteiger partial charge >= 0.3 is 0 Å². The summed E-state index contributed by atoms with van der Waals surface area (Å²) in [4.78, 5) is 27.1. The largest absolute Gasteiger partial charge is 0.367 e. The minimum atomic E-state index is -0.990. The van der Waals surface area contributed by atoms with Crippen LogP contribution in [0.5, 0.6) is 0 Å². The van der Waals surface area contributed by atoms with Crippen molar-refractivity contribution in [3.8, 4) is 23.3 Å². The minimum Gasteiger partial charge on any atom is -0.367 e. The first-order chi connectivity index (χ1) is 16.4. The maximum absolute atomic E-state index is 15.2. The van der Waals surface area contributed by atoms with Crippen LogP contribution in [0.3, 0.4) is 0 Å². The molecule has 2 aliphatic rings. The number of benzene rings is 2. The van der Waals surface area contributed by atoms with E-state index in [4.69, 9.17) is 4.74 Å². The van der Waals surface area contributed by atoms with E-state index in [0.717, 1.165) is 18.5 Å². The molecule has 9 heteroatoms. The fraction of sp³-hybridized carbons (Fsp3) is 0.360. The third-order valence-electron chi connectivity index (χ3n) is 6.03. The van der Waals surface area contributed by atoms with Crippen LogP contribution in [-0.2, 0) is 22.5 Å². The predicted octanol–water partition coefficient (Wildman–Crippen LogP) is 1.88. The van der Waals surface area contributed by atoms with Gasteiger partial charge in [0.15, 0.2) is 0 Å². The lowest BCUT2D eigenvalue weighted by atomic mass is 9.92. The number of hydrogen-bond acceptors (Lipinski definition) is 6. The molecule has 1 fully saturated rings. The van der Waals surface area contributed by atoms with E-state index in [1.807, 2.05) is 6.07 Å². The molecule has 1 unspecified atom stereocenters. The normalized spacial score (nSPS) is 18.4. The molecule has 0 radical (unpaired) electrons. The van der Waals surface area contributed by atoms with Crippen LogP contribution in [0.25, 0.3) is 11.1 Å². The average Bonchev–Trinajstić information content (AvgIpc) is 3.17. The number of halogens is 1. The van der Waals surface area contributed by atoms with Gasteiger partial charge in [-0.2, -0.15) is 10.5 Å². The standard InChI is InChI=1S/C25H24FN5O3/c1-31-14-17-7-15(11-27)3-4-19(17)20-10-22(26)16(9-21(20)25(31)33)8-18(12-28)30-24(32)23-13-29-5-2-6-34-23/h3-4,7,9-10,18,23,29H,2,5-6,8,13-14H2,1H3,(H,30,32)/t18?,23-/m0/s1. The zero-order valence-corrected chi connectivity index (χ0v) is 18.7. The second kappa shape index (κ2) is 10.0. The SMILES string of the molecule is CN1Cc2cc(C#N)ccc2-c2cc(F)c(CC(C#N)NC(=O)[C@@H]3CNCCCO3)cc2C1=O. The van der Waals surface area contributed by atoms with Crippen LogP contribution in [-0.4, -0.2) is 55.6 Å². The molecule has 2 aromatic rings. The van der Waals surface area contributed by atoms with Crippen molar-refractivity contribution in [2.75, 3.05) is 26.7 Å². The maximum Gasteiger partial charge on any atom is 0.254 e. The molecule has 34 heavy (non-hydrogen) atoms. The molecule has 2 aliphatic heterocycles. The topological polar surface area (TPSA) is 118 Å². The second-order valence-corrected chi connectivity index (χ2v) is 8.45. The Morgan fingerprint density at radius 1 is 1.29 bits per heavy atom. The Morgan fingerprint density at radius 3 is 2.88 bits per heavy atom. The minimum absolute atomic E-state index is 0.0985. The number of ether oxygens (including phenoxy) is 1. The number of carbonyl (C=O) groups excluding carboxylic acids is 2. The Balaban J connectivity index is 1.62. The van der Waals surface area contributed by atoms with Crippen molar-refractivity contribution in [2.45, 2.75) is 31.5 Å². The van der Waals surface area contributed by atoms with Gasteiger partial charge in [-0.3, -0.25) is 9.59 Å². The lowest BCUT2D eigenvalue weighted by molar-refractivity contribution is -0.132. The highest BCUT2D eigenvalue weighted by atomic mass is 19.1. The molecule has 0 aromatic heterocycles. The number of nitrogens with one attached hydrogen (secondary N) is 2. The van der Waals surface area contributed by atoms with Crippen LogP contribution in [0.4, 0.5) is 4.39 Å². The van der Waals surface area contributed by atoms with Gasteiger partial charge in [0.2, 0.25) is 0 Å². The van der Waals surface area contributed by atoms with Gasteiger partial charge in [0.1, 0.15) is 18.0 Å². The first-order valence-corrected chi connectivity index (χ1v) is 11.0. The summed E-state index contributed by atoms with van der Waals surface area (Å²) in [5.41, 5.74) is 2.79. The molecule has 174 valence electrons. The van der Waals surface area contributed by atoms with Crippen LogP contribution in [0, 0.1) is 28.5 Å². The monoisotopic (exact) mass is 461 g/mol. The zero-order valence-electron chi connectivity index (χ0n) is 18.7. The number of rotatable bonds is 4. The second-order valence-electron chi connectivity index (χ2n) is 8.45. The number of amides is 2. The highest BCUT2D eigenvalue weighted by Crippen LogP contribution is 2.34. The number of nitrogens with zero attached hydrogens (tertiary/aromatic N) is 3. The molecule has 2 atom stereocenters. The Labute approximate surface area is 196 Å². The summed E-state index contributed by atoms with van der Waals surface area (Å²) < 4.78 is 20.7. The zero-order chi connectivity index (χ0) is 24.2. The van der Waals surface area contributed by atoms with Crippen molar-refractivity contribution in [1.82, 2.24) is 15.5 Å². The molecule has 2 heterocycles. The molecule has 1 saturated heterocycles. The van der Waals surface area contributed by atoms with Gasteiger partial charge in [-0.15, -0.1) is 0 Å². The van der Waals surface area contributed by atoms with Crippen molar-refractivity contribution in [3.05, 3.63) is 58.4 Å². The van der Waals surface area contributed by atoms with E-state index in [1.165, 1.54) is 17.0 Å². The first kappa shape index (κ1) is 23.4. The van der Waals surface area contributed by atoms with Crippen molar-refractivity contribution in [2.24, 2.45) is 0 Å². The Kier molecular flexibility index (Phi) is 6.87. The van der Waals surface area contributed by atoms with Crippen molar-refractivity contribution in [1.29, 1.82) is 10.5 Å². The maximum atomic E-state index is 15.2. The number of fused-ring (bicyclic) bond motifs is 3. The van der Waals surface area contributed by atoms with Gasteiger partial charge in [-0.1, -0.05) is 6.07 Å². The van der Waals surface area contributed by atoms with Crippen molar-refractivity contribution in [3.63, 3.8) is 0 Å². The molecule has 2 amide bonds. The van der Waals surface area contributed by atoms with Crippen LogP contribution in [0.1, 0.15) is 33.5 Å². The third kappa shape index (κ3) is 4.76. The number of nitriles is 2. The van der Waals surface area contributed by atoms with Crippen LogP contribution in [0.15, 0.2) is 30.3 Å². The van der Waals surface area contributed by atoms with Gasteiger partial charge in [-0.05, 0) is 59.5 Å². The summed E-state index contributed by atoms with van der Waals surface area (Å²) in [5.74, 6) is -1.30. The Bertz CT molecular complexity index is 1210. The van der Waals surface area contributed by atoms with E-state index in [0.29, 0.717) is 35.4 Å². The molecular formula is C25H24FN5O3. The average molecular weight is 461 g/mol. The molecule has 0 spiro atoms. The fourth-order valence-electron chi connectivity index (χ4n) is 4.26. The van der Waals surface area contributed by atoms with Gasteiger partial charge in [0.25, 0.3) is 11.8 Å². The molecule has 4 rings (SSSR count). The van der Waals surface area contributed by atoms with E-state index >= 15 is 4.39 Å². The lowest BCUT2D eigenvalue weighted by Gasteiger charge is -2.19. The third-order valence-corrected chi connectivity index (χ3v) is 6.03. The van der Waals surface area contributed by atoms with Crippen LogP contribution < -0.4 is 10.6 Å². The molecule has 0 aliphatic carbocycles. The Hall–Kier alpha value is -3.79. The quantitative estimate of drug-likeness (QED) is 0.718. The summed E-state index contributed by atoms with van der Waals surface area (Å²) in [7, 11) is 1.64. The summed E-state index contributed by atoms with van der Waals surface area (Å²) in [6.45, 7) is 1.80. The van der Waals surface area contributed by atoms with Gasteiger partial charge in [-0.25, -0.2) is 4.39 Å².